The average Bonchev–Trinajstić information content (AvgIpc) is 2.30. The van der Waals surface area contributed by atoms with E-state index in [1.54, 1.807) is 6.92 Å². The number of hydrogen-bond acceptors (Lipinski definition) is 4. The molecule has 4 nitrogen and oxygen atoms in total. The molecule has 0 amide bonds. The molecule has 1 rings (SSSR count). The maximum absolute atomic E-state index is 11.4. The van der Waals surface area contributed by atoms with Crippen molar-refractivity contribution in [1.82, 2.24) is 5.32 Å². The first-order valence-electron chi connectivity index (χ1n) is 4.65. The summed E-state index contributed by atoms with van der Waals surface area (Å²) >= 11 is 0. The van der Waals surface area contributed by atoms with E-state index in [-0.39, 0.29) is 11.8 Å². The Morgan fingerprint density at radius 3 is 3.08 bits per heavy atom. The van der Waals surface area contributed by atoms with Crippen LogP contribution >= 0.6 is 0 Å². The fraction of sp³-hybridized carbons (Fsp3) is 0.778. The molecule has 0 spiro atoms. The normalized spacial score (nSPS) is 23.8. The Bertz CT molecular complexity index is 203. The van der Waals surface area contributed by atoms with Crippen LogP contribution in [0.5, 0.6) is 0 Å². The number of rotatable bonds is 2. The minimum Gasteiger partial charge on any atom is -0.465 e. The molecular formula is C9H15NO3. The summed E-state index contributed by atoms with van der Waals surface area (Å²) in [6, 6.07) is 0. The van der Waals surface area contributed by atoms with Gasteiger partial charge in [0.15, 0.2) is 0 Å². The highest BCUT2D eigenvalue weighted by atomic mass is 16.5. The van der Waals surface area contributed by atoms with Crippen molar-refractivity contribution >= 4 is 11.8 Å². The summed E-state index contributed by atoms with van der Waals surface area (Å²) in [5.41, 5.74) is 0. The molecule has 1 saturated heterocycles. The molecule has 0 aromatic rings. The number of esters is 1. The van der Waals surface area contributed by atoms with Gasteiger partial charge in [-0.3, -0.25) is 9.59 Å². The average molecular weight is 185 g/mol. The van der Waals surface area contributed by atoms with Gasteiger partial charge in [-0.1, -0.05) is 0 Å². The van der Waals surface area contributed by atoms with Gasteiger partial charge in [-0.05, 0) is 19.9 Å². The predicted octanol–water partition coefficient (Wildman–Crippen LogP) is 0.118. The molecule has 1 aliphatic heterocycles. The highest BCUT2D eigenvalue weighted by molar-refractivity contribution is 5.99. The first-order chi connectivity index (χ1) is 6.25. The van der Waals surface area contributed by atoms with Gasteiger partial charge in [0.2, 0.25) is 0 Å². The third-order valence-corrected chi connectivity index (χ3v) is 2.12. The van der Waals surface area contributed by atoms with Crippen LogP contribution in [-0.2, 0) is 14.3 Å². The molecular weight excluding hydrogens is 170 g/mol. The standard InChI is InChI=1S/C9H15NO3/c1-2-13-9(12)7-3-5-10-6-4-8(7)11/h7,10H,2-6H2,1H3/t7-/m1/s1. The predicted molar refractivity (Wildman–Crippen MR) is 47.2 cm³/mol. The second kappa shape index (κ2) is 4.97. The van der Waals surface area contributed by atoms with Gasteiger partial charge in [0.25, 0.3) is 0 Å². The van der Waals surface area contributed by atoms with E-state index in [9.17, 15) is 9.59 Å². The Morgan fingerprint density at radius 2 is 2.38 bits per heavy atom. The second-order valence-corrected chi connectivity index (χ2v) is 3.06. The Labute approximate surface area is 77.6 Å². The molecule has 4 heteroatoms. The molecule has 1 heterocycles. The Morgan fingerprint density at radius 1 is 1.62 bits per heavy atom. The van der Waals surface area contributed by atoms with Gasteiger partial charge in [-0.15, -0.1) is 0 Å². The van der Waals surface area contributed by atoms with Crippen LogP contribution in [-0.4, -0.2) is 31.4 Å². The maximum Gasteiger partial charge on any atom is 0.316 e. The number of ketones is 1. The topological polar surface area (TPSA) is 55.4 Å². The smallest absolute Gasteiger partial charge is 0.316 e. The fourth-order valence-electron chi connectivity index (χ4n) is 1.41. The van der Waals surface area contributed by atoms with E-state index in [0.29, 0.717) is 26.0 Å². The second-order valence-electron chi connectivity index (χ2n) is 3.06. The van der Waals surface area contributed by atoms with Crippen molar-refractivity contribution in [3.05, 3.63) is 0 Å². The van der Waals surface area contributed by atoms with Gasteiger partial charge in [0.05, 0.1) is 6.61 Å². The molecule has 0 bridgehead atoms. The Hall–Kier alpha value is -0.900. The number of hydrogen-bond donors (Lipinski definition) is 1. The highest BCUT2D eigenvalue weighted by Gasteiger charge is 2.28. The monoisotopic (exact) mass is 185 g/mol. The van der Waals surface area contributed by atoms with Gasteiger partial charge in [-0.2, -0.15) is 0 Å². The molecule has 13 heavy (non-hydrogen) atoms. The molecule has 1 fully saturated rings. The van der Waals surface area contributed by atoms with Crippen LogP contribution < -0.4 is 5.32 Å². The van der Waals surface area contributed by atoms with Crippen LogP contribution in [0.25, 0.3) is 0 Å². The number of ether oxygens (including phenoxy) is 1. The highest BCUT2D eigenvalue weighted by Crippen LogP contribution is 2.11. The maximum atomic E-state index is 11.4. The SMILES string of the molecule is CCOC(=O)[C@@H]1CCNCCC1=O. The van der Waals surface area contributed by atoms with Crippen LogP contribution in [0, 0.1) is 5.92 Å². The summed E-state index contributed by atoms with van der Waals surface area (Å²) in [5, 5.41) is 3.08. The van der Waals surface area contributed by atoms with Crippen molar-refractivity contribution in [2.24, 2.45) is 5.92 Å². The lowest BCUT2D eigenvalue weighted by Crippen LogP contribution is -2.25. The van der Waals surface area contributed by atoms with E-state index in [4.69, 9.17) is 4.74 Å². The van der Waals surface area contributed by atoms with Gasteiger partial charge in [-0.25, -0.2) is 0 Å². The van der Waals surface area contributed by atoms with E-state index in [0.717, 1.165) is 6.54 Å². The molecule has 0 aromatic carbocycles. The Balaban J connectivity index is 2.53. The van der Waals surface area contributed by atoms with Crippen LogP contribution in [0.3, 0.4) is 0 Å². The molecule has 1 N–H and O–H groups in total. The van der Waals surface area contributed by atoms with Crippen LogP contribution in [0.1, 0.15) is 19.8 Å². The lowest BCUT2D eigenvalue weighted by molar-refractivity contribution is -0.151. The Kier molecular flexibility index (Phi) is 3.89. The van der Waals surface area contributed by atoms with Crippen molar-refractivity contribution < 1.29 is 14.3 Å². The minimum atomic E-state index is -0.532. The summed E-state index contributed by atoms with van der Waals surface area (Å²) in [4.78, 5) is 22.7. The van der Waals surface area contributed by atoms with E-state index < -0.39 is 5.92 Å². The molecule has 0 aromatic heterocycles. The molecule has 0 radical (unpaired) electrons. The summed E-state index contributed by atoms with van der Waals surface area (Å²) in [7, 11) is 0. The zero-order valence-corrected chi connectivity index (χ0v) is 7.84. The first kappa shape index (κ1) is 10.2. The third kappa shape index (κ3) is 2.81. The van der Waals surface area contributed by atoms with E-state index in [2.05, 4.69) is 5.32 Å². The van der Waals surface area contributed by atoms with E-state index in [1.165, 1.54) is 0 Å². The lowest BCUT2D eigenvalue weighted by atomic mass is 10.00. The molecule has 0 aliphatic carbocycles. The minimum absolute atomic E-state index is 0.00319. The molecule has 0 unspecified atom stereocenters. The molecule has 74 valence electrons. The van der Waals surface area contributed by atoms with Crippen molar-refractivity contribution in [2.75, 3.05) is 19.7 Å². The number of nitrogens with one attached hydrogen (secondary N) is 1. The van der Waals surface area contributed by atoms with Crippen LogP contribution in [0.4, 0.5) is 0 Å². The van der Waals surface area contributed by atoms with Gasteiger partial charge >= 0.3 is 5.97 Å². The van der Waals surface area contributed by atoms with Crippen LogP contribution in [0.15, 0.2) is 0 Å². The van der Waals surface area contributed by atoms with Gasteiger partial charge in [0, 0.05) is 13.0 Å². The largest absolute Gasteiger partial charge is 0.465 e. The van der Waals surface area contributed by atoms with E-state index >= 15 is 0 Å². The molecule has 0 saturated carbocycles. The summed E-state index contributed by atoms with van der Waals surface area (Å²) < 4.78 is 4.82. The lowest BCUT2D eigenvalue weighted by Gasteiger charge is -2.10. The first-order valence-corrected chi connectivity index (χ1v) is 4.65. The third-order valence-electron chi connectivity index (χ3n) is 2.12. The van der Waals surface area contributed by atoms with Crippen molar-refractivity contribution in [1.29, 1.82) is 0 Å². The summed E-state index contributed by atoms with van der Waals surface area (Å²) in [6.45, 7) is 3.48. The number of carbonyl (C=O) groups excluding carboxylic acids is 2. The molecule has 1 aliphatic rings. The van der Waals surface area contributed by atoms with Gasteiger partial charge in [0.1, 0.15) is 11.7 Å². The van der Waals surface area contributed by atoms with Gasteiger partial charge < -0.3 is 10.1 Å². The quantitative estimate of drug-likeness (QED) is 0.490. The van der Waals surface area contributed by atoms with E-state index in [1.807, 2.05) is 0 Å². The zero-order valence-electron chi connectivity index (χ0n) is 7.84. The summed E-state index contributed by atoms with van der Waals surface area (Å²) in [5.74, 6) is -0.894. The number of Topliss-reactive ketones (excluding diaryl/α,β-unsaturated/α-hetero) is 1. The number of carbonyl (C=O) groups is 2. The summed E-state index contributed by atoms with van der Waals surface area (Å²) in [6.07, 6.45) is 1.00. The van der Waals surface area contributed by atoms with Crippen LogP contribution in [0.2, 0.25) is 0 Å². The van der Waals surface area contributed by atoms with Crippen molar-refractivity contribution in [3.63, 3.8) is 0 Å². The molecule has 1 atom stereocenters. The van der Waals surface area contributed by atoms with Crippen molar-refractivity contribution in [3.8, 4) is 0 Å². The fourth-order valence-corrected chi connectivity index (χ4v) is 1.41. The zero-order chi connectivity index (χ0) is 9.68. The van der Waals surface area contributed by atoms with Crippen molar-refractivity contribution in [2.45, 2.75) is 19.8 Å².